The summed E-state index contributed by atoms with van der Waals surface area (Å²) in [6, 6.07) is 21.4. The minimum absolute atomic E-state index is 0.0327. The fourth-order valence-corrected chi connectivity index (χ4v) is 7.18. The van der Waals surface area contributed by atoms with Crippen LogP contribution in [0.25, 0.3) is 22.5 Å². The first-order valence-electron chi connectivity index (χ1n) is 19.1. The van der Waals surface area contributed by atoms with Gasteiger partial charge in [0.05, 0.1) is 0 Å². The normalized spacial score (nSPS) is 17.9. The van der Waals surface area contributed by atoms with E-state index >= 15 is 0 Å². The zero-order valence-corrected chi connectivity index (χ0v) is 31.6. The monoisotopic (exact) mass is 733 g/mol. The molecule has 2 aliphatic carbocycles. The van der Waals surface area contributed by atoms with Crippen molar-refractivity contribution in [2.75, 3.05) is 11.9 Å². The molecule has 3 aromatic carbocycles. The molecular weight excluding hydrogens is 683 g/mol. The second-order valence-electron chi connectivity index (χ2n) is 15.8. The van der Waals surface area contributed by atoms with E-state index in [9.17, 15) is 19.2 Å². The molecule has 1 unspecified atom stereocenters. The van der Waals surface area contributed by atoms with Crippen LogP contribution in [0.2, 0.25) is 0 Å². The van der Waals surface area contributed by atoms with Gasteiger partial charge in [0.2, 0.25) is 11.7 Å². The molecule has 2 aliphatic rings. The second-order valence-corrected chi connectivity index (χ2v) is 15.8. The molecule has 3 amide bonds. The smallest absolute Gasteiger partial charge is 0.407 e. The molecule has 4 N–H and O–H groups in total. The largest absolute Gasteiger partial charge is 0.444 e. The fourth-order valence-electron chi connectivity index (χ4n) is 7.18. The van der Waals surface area contributed by atoms with E-state index in [1.54, 1.807) is 12.1 Å². The van der Waals surface area contributed by atoms with Gasteiger partial charge in [0, 0.05) is 47.7 Å². The molecular formula is C42H51N7O5. The molecule has 0 bridgehead atoms. The van der Waals surface area contributed by atoms with Crippen LogP contribution in [-0.2, 0) is 20.7 Å². The molecule has 6 rings (SSSR count). The predicted molar refractivity (Wildman–Crippen MR) is 206 cm³/mol. The van der Waals surface area contributed by atoms with E-state index in [4.69, 9.17) is 4.74 Å². The highest BCUT2D eigenvalue weighted by Gasteiger charge is 2.31. The van der Waals surface area contributed by atoms with E-state index in [-0.39, 0.29) is 41.9 Å². The summed E-state index contributed by atoms with van der Waals surface area (Å²) >= 11 is 0. The van der Waals surface area contributed by atoms with Crippen LogP contribution in [0.15, 0.2) is 66.7 Å². The lowest BCUT2D eigenvalue weighted by molar-refractivity contribution is -0.129. The number of hydrogen-bond donors (Lipinski definition) is 4. The third-order valence-electron chi connectivity index (χ3n) is 10.5. The minimum atomic E-state index is -0.581. The number of tetrazole rings is 1. The number of aromatic nitrogens is 4. The molecule has 1 aromatic heterocycles. The van der Waals surface area contributed by atoms with Crippen molar-refractivity contribution in [2.24, 2.45) is 17.8 Å². The molecule has 12 heteroatoms. The van der Waals surface area contributed by atoms with Crippen LogP contribution in [-0.4, -0.2) is 62.5 Å². The SMILES string of the molecule is Cc1cc(C(=O)NC2CCC2)ccc1-c1ccc(CC(CC(=O)C2CCC(CNC(=O)OC(C)(C)C)CC2)C(=O)Nc2ccc(-c3nn[nH]n3)cc2)cc1. The molecule has 0 spiro atoms. The Morgan fingerprint density at radius 2 is 1.59 bits per heavy atom. The highest BCUT2D eigenvalue weighted by atomic mass is 16.6. The lowest BCUT2D eigenvalue weighted by atomic mass is 9.77. The van der Waals surface area contributed by atoms with Gasteiger partial charge in [-0.3, -0.25) is 14.4 Å². The number of ether oxygens (including phenoxy) is 1. The summed E-state index contributed by atoms with van der Waals surface area (Å²) in [5, 5.41) is 23.1. The zero-order chi connectivity index (χ0) is 38.2. The highest BCUT2D eigenvalue weighted by Crippen LogP contribution is 2.32. The number of carbonyl (C=O) groups excluding carboxylic acids is 4. The minimum Gasteiger partial charge on any atom is -0.444 e. The van der Waals surface area contributed by atoms with Crippen molar-refractivity contribution in [1.29, 1.82) is 0 Å². The van der Waals surface area contributed by atoms with Gasteiger partial charge in [-0.1, -0.05) is 30.3 Å². The van der Waals surface area contributed by atoms with E-state index < -0.39 is 17.6 Å². The Morgan fingerprint density at radius 1 is 0.889 bits per heavy atom. The van der Waals surface area contributed by atoms with Crippen LogP contribution in [0.5, 0.6) is 0 Å². The van der Waals surface area contributed by atoms with Crippen LogP contribution in [0.4, 0.5) is 10.5 Å². The van der Waals surface area contributed by atoms with Crippen molar-refractivity contribution >= 4 is 29.4 Å². The number of alkyl carbamates (subject to hydrolysis) is 1. The number of hydrogen-bond acceptors (Lipinski definition) is 8. The summed E-state index contributed by atoms with van der Waals surface area (Å²) in [6.07, 6.45) is 6.43. The quantitative estimate of drug-likeness (QED) is 0.112. The van der Waals surface area contributed by atoms with Crippen molar-refractivity contribution in [3.8, 4) is 22.5 Å². The Kier molecular flexibility index (Phi) is 12.2. The predicted octanol–water partition coefficient (Wildman–Crippen LogP) is 7.21. The van der Waals surface area contributed by atoms with E-state index in [0.29, 0.717) is 30.0 Å². The Morgan fingerprint density at radius 3 is 2.20 bits per heavy atom. The van der Waals surface area contributed by atoms with Gasteiger partial charge in [-0.25, -0.2) is 4.79 Å². The van der Waals surface area contributed by atoms with Gasteiger partial charge in [0.15, 0.2) is 0 Å². The van der Waals surface area contributed by atoms with E-state index in [0.717, 1.165) is 72.8 Å². The average molecular weight is 734 g/mol. The number of aryl methyl sites for hydroxylation is 1. The van der Waals surface area contributed by atoms with E-state index in [2.05, 4.69) is 36.6 Å². The third-order valence-corrected chi connectivity index (χ3v) is 10.5. The van der Waals surface area contributed by atoms with Crippen LogP contribution >= 0.6 is 0 Å². The second kappa shape index (κ2) is 17.2. The number of nitrogens with one attached hydrogen (secondary N) is 4. The molecule has 1 atom stereocenters. The molecule has 1 heterocycles. The number of nitrogens with zero attached hydrogens (tertiary/aromatic N) is 3. The molecule has 54 heavy (non-hydrogen) atoms. The van der Waals surface area contributed by atoms with Crippen molar-refractivity contribution in [1.82, 2.24) is 31.3 Å². The summed E-state index contributed by atoms with van der Waals surface area (Å²) < 4.78 is 5.37. The topological polar surface area (TPSA) is 168 Å². The molecule has 0 aliphatic heterocycles. The summed E-state index contributed by atoms with van der Waals surface area (Å²) in [5.74, 6) is -0.140. The molecule has 12 nitrogen and oxygen atoms in total. The van der Waals surface area contributed by atoms with Crippen molar-refractivity contribution in [3.63, 3.8) is 0 Å². The molecule has 2 saturated carbocycles. The summed E-state index contributed by atoms with van der Waals surface area (Å²) in [6.45, 7) is 8.03. The number of ketones is 1. The Balaban J connectivity index is 1.10. The van der Waals surface area contributed by atoms with E-state index in [1.165, 1.54) is 0 Å². The number of amides is 3. The Bertz CT molecular complexity index is 1910. The lowest BCUT2D eigenvalue weighted by Gasteiger charge is -2.29. The lowest BCUT2D eigenvalue weighted by Crippen LogP contribution is -2.39. The summed E-state index contributed by atoms with van der Waals surface area (Å²) in [7, 11) is 0. The Labute approximate surface area is 316 Å². The van der Waals surface area contributed by atoms with Crippen molar-refractivity contribution in [3.05, 3.63) is 83.4 Å². The van der Waals surface area contributed by atoms with Crippen LogP contribution in [0.1, 0.15) is 93.6 Å². The standard InChI is InChI=1S/C42H51N7O5/c1-26-22-32(39(51)44-34-6-5-7-34)18-21-36(26)29-12-8-27(9-13-29)23-33(40(52)45-35-19-16-31(17-20-35)38-46-48-49-47-38)24-37(50)30-14-10-28(11-15-30)25-43-41(53)54-42(2,3)4/h8-9,12-13,16-22,28,30,33-34H,5-7,10-11,14-15,23-25H2,1-4H3,(H,43,53)(H,44,51)(H,45,52)(H,46,47,48,49). The maximum atomic E-state index is 13.9. The number of anilines is 1. The fraction of sp³-hybridized carbons (Fsp3) is 0.452. The first-order valence-corrected chi connectivity index (χ1v) is 19.1. The van der Waals surface area contributed by atoms with Crippen LogP contribution in [0.3, 0.4) is 0 Å². The van der Waals surface area contributed by atoms with Gasteiger partial charge in [0.25, 0.3) is 5.91 Å². The van der Waals surface area contributed by atoms with Crippen molar-refractivity contribution < 1.29 is 23.9 Å². The molecule has 2 fully saturated rings. The van der Waals surface area contributed by atoms with Gasteiger partial charge >= 0.3 is 6.09 Å². The number of Topliss-reactive ketones (excluding diaryl/α,β-unsaturated/α-hetero) is 1. The Hall–Kier alpha value is -5.39. The number of benzene rings is 3. The number of rotatable bonds is 13. The van der Waals surface area contributed by atoms with Gasteiger partial charge < -0.3 is 20.7 Å². The van der Waals surface area contributed by atoms with Gasteiger partial charge in [-0.15, -0.1) is 10.2 Å². The highest BCUT2D eigenvalue weighted by molar-refractivity contribution is 5.96. The summed E-state index contributed by atoms with van der Waals surface area (Å²) in [5.41, 5.74) is 5.47. The third kappa shape index (κ3) is 10.4. The maximum Gasteiger partial charge on any atom is 0.407 e. The number of carbonyl (C=O) groups is 4. The van der Waals surface area contributed by atoms with Crippen LogP contribution < -0.4 is 16.0 Å². The number of aromatic amines is 1. The zero-order valence-electron chi connectivity index (χ0n) is 31.6. The molecule has 284 valence electrons. The average Bonchev–Trinajstić information content (AvgIpc) is 3.67. The van der Waals surface area contributed by atoms with E-state index in [1.807, 2.05) is 82.3 Å². The summed E-state index contributed by atoms with van der Waals surface area (Å²) in [4.78, 5) is 52.5. The van der Waals surface area contributed by atoms with Gasteiger partial charge in [0.1, 0.15) is 11.4 Å². The molecule has 4 aromatic rings. The first-order chi connectivity index (χ1) is 25.9. The van der Waals surface area contributed by atoms with Crippen LogP contribution in [0, 0.1) is 24.7 Å². The van der Waals surface area contributed by atoms with Gasteiger partial charge in [-0.2, -0.15) is 5.21 Å². The van der Waals surface area contributed by atoms with Gasteiger partial charge in [-0.05, 0) is 149 Å². The first kappa shape index (κ1) is 38.3. The molecule has 0 saturated heterocycles. The van der Waals surface area contributed by atoms with Crippen molar-refractivity contribution in [2.45, 2.75) is 97.1 Å². The molecule has 0 radical (unpaired) electrons. The number of H-pyrrole nitrogens is 1. The maximum absolute atomic E-state index is 13.9.